The largest absolute Gasteiger partial charge is 0.448 e. The predicted octanol–water partition coefficient (Wildman–Crippen LogP) is 3.67. The van der Waals surface area contributed by atoms with Crippen LogP contribution in [0.25, 0.3) is 11.1 Å². The van der Waals surface area contributed by atoms with Crippen molar-refractivity contribution < 1.29 is 14.0 Å². The minimum absolute atomic E-state index is 0.0144. The number of aromatic nitrogens is 1. The molecule has 0 aliphatic carbocycles. The SMILES string of the molecule is CCC(=O)N1CCN(C(=O)c2cc3ccoc3n2Cc2cccc(C)c2)C[C@H]1C. The van der Waals surface area contributed by atoms with Gasteiger partial charge in [0.05, 0.1) is 12.8 Å². The van der Waals surface area contributed by atoms with E-state index in [1.54, 1.807) is 6.26 Å². The normalized spacial score (nSPS) is 17.1. The fraction of sp³-hybridized carbons (Fsp3) is 0.391. The highest BCUT2D eigenvalue weighted by atomic mass is 16.3. The number of rotatable bonds is 4. The smallest absolute Gasteiger partial charge is 0.270 e. The van der Waals surface area contributed by atoms with Gasteiger partial charge in [-0.2, -0.15) is 0 Å². The van der Waals surface area contributed by atoms with Gasteiger partial charge in [-0.1, -0.05) is 36.8 Å². The lowest BCUT2D eigenvalue weighted by Crippen LogP contribution is -2.55. The van der Waals surface area contributed by atoms with Gasteiger partial charge in [-0.3, -0.25) is 9.59 Å². The molecule has 3 heterocycles. The van der Waals surface area contributed by atoms with Gasteiger partial charge >= 0.3 is 0 Å². The monoisotopic (exact) mass is 393 g/mol. The molecular formula is C23H27N3O3. The number of carbonyl (C=O) groups is 2. The zero-order valence-corrected chi connectivity index (χ0v) is 17.2. The van der Waals surface area contributed by atoms with Crippen LogP contribution < -0.4 is 0 Å². The highest BCUT2D eigenvalue weighted by Crippen LogP contribution is 2.25. The fourth-order valence-corrected chi connectivity index (χ4v) is 4.18. The van der Waals surface area contributed by atoms with Crippen LogP contribution in [0.1, 0.15) is 41.9 Å². The quantitative estimate of drug-likeness (QED) is 0.679. The number of hydrogen-bond donors (Lipinski definition) is 0. The van der Waals surface area contributed by atoms with Crippen molar-refractivity contribution in [1.82, 2.24) is 14.4 Å². The molecule has 0 unspecified atom stereocenters. The summed E-state index contributed by atoms with van der Waals surface area (Å²) in [6.07, 6.45) is 2.15. The molecule has 4 rings (SSSR count). The van der Waals surface area contributed by atoms with Crippen LogP contribution in [0.15, 0.2) is 47.1 Å². The van der Waals surface area contributed by atoms with Crippen molar-refractivity contribution >= 4 is 22.9 Å². The molecule has 3 aromatic rings. The average molecular weight is 393 g/mol. The minimum atomic E-state index is -0.0144. The summed E-state index contributed by atoms with van der Waals surface area (Å²) in [6.45, 7) is 8.18. The zero-order chi connectivity index (χ0) is 20.5. The van der Waals surface area contributed by atoms with E-state index in [0.717, 1.165) is 10.9 Å². The van der Waals surface area contributed by atoms with E-state index in [9.17, 15) is 9.59 Å². The van der Waals surface area contributed by atoms with Gasteiger partial charge in [0, 0.05) is 37.5 Å². The summed E-state index contributed by atoms with van der Waals surface area (Å²) in [6, 6.07) is 12.1. The zero-order valence-electron chi connectivity index (χ0n) is 17.2. The molecule has 152 valence electrons. The van der Waals surface area contributed by atoms with Gasteiger partial charge in [-0.05, 0) is 31.5 Å². The molecule has 0 N–H and O–H groups in total. The molecule has 0 bridgehead atoms. The lowest BCUT2D eigenvalue weighted by molar-refractivity contribution is -0.134. The van der Waals surface area contributed by atoms with Gasteiger partial charge < -0.3 is 18.8 Å². The van der Waals surface area contributed by atoms with Gasteiger partial charge in [0.25, 0.3) is 5.91 Å². The maximum absolute atomic E-state index is 13.4. The number of benzene rings is 1. The Morgan fingerprint density at radius 1 is 1.17 bits per heavy atom. The highest BCUT2D eigenvalue weighted by Gasteiger charge is 2.31. The predicted molar refractivity (Wildman–Crippen MR) is 112 cm³/mol. The van der Waals surface area contributed by atoms with Crippen molar-refractivity contribution in [3.63, 3.8) is 0 Å². The van der Waals surface area contributed by atoms with Gasteiger partial charge in [0.1, 0.15) is 5.69 Å². The second-order valence-corrected chi connectivity index (χ2v) is 7.83. The van der Waals surface area contributed by atoms with Crippen molar-refractivity contribution in [2.75, 3.05) is 19.6 Å². The van der Waals surface area contributed by atoms with Crippen LogP contribution in [0.2, 0.25) is 0 Å². The van der Waals surface area contributed by atoms with E-state index >= 15 is 0 Å². The summed E-state index contributed by atoms with van der Waals surface area (Å²) in [4.78, 5) is 29.2. The van der Waals surface area contributed by atoms with Crippen LogP contribution in [0.4, 0.5) is 0 Å². The number of carbonyl (C=O) groups excluding carboxylic acids is 2. The number of nitrogens with zero attached hydrogens (tertiary/aromatic N) is 3. The number of furan rings is 1. The van der Waals surface area contributed by atoms with Crippen molar-refractivity contribution in [1.29, 1.82) is 0 Å². The maximum Gasteiger partial charge on any atom is 0.270 e. The number of piperazine rings is 1. The standard InChI is InChI=1S/C23H27N3O3/c1-4-21(27)25-10-9-24(14-17(25)3)22(28)20-13-19-8-11-29-23(19)26(20)15-18-7-5-6-16(2)12-18/h5-8,11-13,17H,4,9-10,14-15H2,1-3H3/t17-/m1/s1. The lowest BCUT2D eigenvalue weighted by Gasteiger charge is -2.39. The van der Waals surface area contributed by atoms with E-state index in [1.165, 1.54) is 5.56 Å². The van der Waals surface area contributed by atoms with Crippen LogP contribution in [0.5, 0.6) is 0 Å². The Kier molecular flexibility index (Phi) is 5.18. The molecular weight excluding hydrogens is 366 g/mol. The molecule has 1 atom stereocenters. The number of hydrogen-bond acceptors (Lipinski definition) is 3. The molecule has 1 saturated heterocycles. The molecule has 2 aromatic heterocycles. The third-order valence-electron chi connectivity index (χ3n) is 5.68. The summed E-state index contributed by atoms with van der Waals surface area (Å²) in [5.74, 6) is 0.129. The molecule has 2 amide bonds. The Morgan fingerprint density at radius 3 is 2.72 bits per heavy atom. The number of aryl methyl sites for hydroxylation is 1. The Morgan fingerprint density at radius 2 is 2.00 bits per heavy atom. The lowest BCUT2D eigenvalue weighted by atomic mass is 10.1. The average Bonchev–Trinajstić information content (AvgIpc) is 3.29. The first-order valence-corrected chi connectivity index (χ1v) is 10.2. The summed E-state index contributed by atoms with van der Waals surface area (Å²) in [7, 11) is 0. The number of fused-ring (bicyclic) bond motifs is 1. The molecule has 0 saturated carbocycles. The third-order valence-corrected chi connectivity index (χ3v) is 5.68. The van der Waals surface area contributed by atoms with E-state index in [0.29, 0.717) is 44.0 Å². The van der Waals surface area contributed by atoms with Crippen molar-refractivity contribution in [3.05, 3.63) is 59.5 Å². The fourth-order valence-electron chi connectivity index (χ4n) is 4.18. The first-order valence-electron chi connectivity index (χ1n) is 10.2. The van der Waals surface area contributed by atoms with E-state index in [4.69, 9.17) is 4.42 Å². The summed E-state index contributed by atoms with van der Waals surface area (Å²) >= 11 is 0. The Balaban J connectivity index is 1.61. The first-order chi connectivity index (χ1) is 14.0. The molecule has 29 heavy (non-hydrogen) atoms. The molecule has 6 nitrogen and oxygen atoms in total. The molecule has 6 heteroatoms. The molecule has 0 spiro atoms. The van der Waals surface area contributed by atoms with Gasteiger partial charge in [-0.25, -0.2) is 0 Å². The third kappa shape index (κ3) is 3.67. The van der Waals surface area contributed by atoms with Crippen molar-refractivity contribution in [2.45, 2.75) is 39.8 Å². The molecule has 1 aliphatic heterocycles. The van der Waals surface area contributed by atoms with Gasteiger partial charge in [-0.15, -0.1) is 0 Å². The number of amides is 2. The molecule has 0 radical (unpaired) electrons. The van der Waals surface area contributed by atoms with Crippen molar-refractivity contribution in [3.8, 4) is 0 Å². The van der Waals surface area contributed by atoms with Crippen LogP contribution >= 0.6 is 0 Å². The van der Waals surface area contributed by atoms with Crippen molar-refractivity contribution in [2.24, 2.45) is 0 Å². The van der Waals surface area contributed by atoms with Gasteiger partial charge in [0.2, 0.25) is 11.6 Å². The molecule has 1 aromatic carbocycles. The maximum atomic E-state index is 13.4. The second-order valence-electron chi connectivity index (χ2n) is 7.83. The van der Waals surface area contributed by atoms with Gasteiger partial charge in [0.15, 0.2) is 0 Å². The topological polar surface area (TPSA) is 58.7 Å². The van der Waals surface area contributed by atoms with Crippen LogP contribution in [-0.4, -0.2) is 51.9 Å². The van der Waals surface area contributed by atoms with E-state index in [2.05, 4.69) is 25.1 Å². The Bertz CT molecular complexity index is 1050. The van der Waals surface area contributed by atoms with Crippen LogP contribution in [-0.2, 0) is 11.3 Å². The van der Waals surface area contributed by atoms with Crippen LogP contribution in [0.3, 0.4) is 0 Å². The summed E-state index contributed by atoms with van der Waals surface area (Å²) < 4.78 is 7.65. The van der Waals surface area contributed by atoms with E-state index < -0.39 is 0 Å². The summed E-state index contributed by atoms with van der Waals surface area (Å²) in [5.41, 5.74) is 3.65. The minimum Gasteiger partial charge on any atom is -0.448 e. The molecule has 1 fully saturated rings. The first kappa shape index (κ1) is 19.3. The van der Waals surface area contributed by atoms with E-state index in [1.807, 2.05) is 46.4 Å². The molecule has 1 aliphatic rings. The van der Waals surface area contributed by atoms with E-state index in [-0.39, 0.29) is 17.9 Å². The second kappa shape index (κ2) is 7.78. The van der Waals surface area contributed by atoms with Crippen LogP contribution in [0, 0.1) is 6.92 Å². The highest BCUT2D eigenvalue weighted by molar-refractivity contribution is 5.98. The Labute approximate surface area is 170 Å². The Hall–Kier alpha value is -3.02. The summed E-state index contributed by atoms with van der Waals surface area (Å²) in [5, 5.41) is 0.925.